The molecule has 0 unspecified atom stereocenters. The first-order valence-corrected chi connectivity index (χ1v) is 6.59. The van der Waals surface area contributed by atoms with Crippen molar-refractivity contribution in [2.45, 2.75) is 25.9 Å². The fourth-order valence-corrected chi connectivity index (χ4v) is 2.00. The highest BCUT2D eigenvalue weighted by Crippen LogP contribution is 2.33. The number of aryl methyl sites for hydroxylation is 1. The fraction of sp³-hybridized carbons (Fsp3) is 0.267. The van der Waals surface area contributed by atoms with Gasteiger partial charge in [0, 0.05) is 5.69 Å². The van der Waals surface area contributed by atoms with Crippen molar-refractivity contribution in [2.24, 2.45) is 0 Å². The zero-order chi connectivity index (χ0) is 15.5. The molecule has 112 valence electrons. The van der Waals surface area contributed by atoms with Crippen LogP contribution in [0.1, 0.15) is 24.6 Å². The highest BCUT2D eigenvalue weighted by molar-refractivity contribution is 5.73. The maximum atomic E-state index is 12.7. The summed E-state index contributed by atoms with van der Waals surface area (Å²) in [6, 6.07) is 8.40. The predicted octanol–water partition coefficient (Wildman–Crippen LogP) is 4.38. The third kappa shape index (κ3) is 3.65. The Kier molecular flexibility index (Phi) is 4.35. The third-order valence-electron chi connectivity index (χ3n) is 3.03. The van der Waals surface area contributed by atoms with Crippen LogP contribution in [-0.2, 0) is 12.6 Å². The van der Waals surface area contributed by atoms with Crippen molar-refractivity contribution in [3.63, 3.8) is 0 Å². The van der Waals surface area contributed by atoms with E-state index in [1.807, 2.05) is 31.2 Å². The number of nitrogen functional groups attached to an aromatic ring is 1. The number of anilines is 3. The topological polar surface area (TPSA) is 50.9 Å². The lowest BCUT2D eigenvalue weighted by Gasteiger charge is -2.15. The summed E-state index contributed by atoms with van der Waals surface area (Å²) >= 11 is 0. The Morgan fingerprint density at radius 3 is 2.57 bits per heavy atom. The van der Waals surface area contributed by atoms with E-state index < -0.39 is 11.9 Å². The molecule has 0 saturated heterocycles. The van der Waals surface area contributed by atoms with Gasteiger partial charge in [-0.15, -0.1) is 0 Å². The van der Waals surface area contributed by atoms with Gasteiger partial charge in [0.05, 0.1) is 17.6 Å². The Bertz CT molecular complexity index is 624. The minimum atomic E-state index is -4.49. The summed E-state index contributed by atoms with van der Waals surface area (Å²) in [4.78, 5) is 3.32. The van der Waals surface area contributed by atoms with Gasteiger partial charge in [0.15, 0.2) is 0 Å². The van der Waals surface area contributed by atoms with Gasteiger partial charge < -0.3 is 11.1 Å². The number of nitrogens with one attached hydrogen (secondary N) is 1. The van der Waals surface area contributed by atoms with E-state index in [2.05, 4.69) is 10.3 Å². The van der Waals surface area contributed by atoms with Crippen LogP contribution in [0.25, 0.3) is 0 Å². The lowest BCUT2D eigenvalue weighted by atomic mass is 10.1. The van der Waals surface area contributed by atoms with Crippen molar-refractivity contribution in [3.05, 3.63) is 47.8 Å². The summed E-state index contributed by atoms with van der Waals surface area (Å²) in [5.74, 6) is 0. The Morgan fingerprint density at radius 1 is 1.19 bits per heavy atom. The standard InChI is InChI=1S/C15H16F3N3/c1-2-5-10-6-3-4-7-12(10)21-13-8-14(15(16,17)18)20-9-11(13)19/h3-4,6-9H,2,5,19H2,1H3,(H,20,21). The number of alkyl halides is 3. The molecule has 2 rings (SSSR count). The van der Waals surface area contributed by atoms with Crippen LogP contribution in [0, 0.1) is 0 Å². The highest BCUT2D eigenvalue weighted by atomic mass is 19.4. The van der Waals surface area contributed by atoms with Crippen molar-refractivity contribution in [3.8, 4) is 0 Å². The first-order chi connectivity index (χ1) is 9.91. The largest absolute Gasteiger partial charge is 0.433 e. The second-order valence-electron chi connectivity index (χ2n) is 4.69. The molecule has 1 aromatic carbocycles. The normalized spacial score (nSPS) is 11.4. The molecule has 6 heteroatoms. The molecule has 1 heterocycles. The summed E-state index contributed by atoms with van der Waals surface area (Å²) in [5, 5.41) is 2.97. The molecular weight excluding hydrogens is 279 g/mol. The quantitative estimate of drug-likeness (QED) is 0.880. The van der Waals surface area contributed by atoms with Gasteiger partial charge in [-0.3, -0.25) is 0 Å². The molecule has 3 nitrogen and oxygen atoms in total. The Balaban J connectivity index is 2.35. The number of para-hydroxylation sites is 1. The number of benzene rings is 1. The van der Waals surface area contributed by atoms with Crippen LogP contribution in [0.15, 0.2) is 36.5 Å². The maximum absolute atomic E-state index is 12.7. The number of aromatic nitrogens is 1. The monoisotopic (exact) mass is 295 g/mol. The third-order valence-corrected chi connectivity index (χ3v) is 3.03. The van der Waals surface area contributed by atoms with Crippen LogP contribution >= 0.6 is 0 Å². The van der Waals surface area contributed by atoms with E-state index in [1.165, 1.54) is 0 Å². The van der Waals surface area contributed by atoms with E-state index in [0.29, 0.717) is 0 Å². The molecule has 0 aliphatic carbocycles. The molecule has 0 aliphatic rings. The van der Waals surface area contributed by atoms with Crippen molar-refractivity contribution in [2.75, 3.05) is 11.1 Å². The molecule has 1 aromatic heterocycles. The van der Waals surface area contributed by atoms with Gasteiger partial charge in [-0.05, 0) is 24.1 Å². The number of nitrogens with two attached hydrogens (primary N) is 1. The van der Waals surface area contributed by atoms with Gasteiger partial charge in [-0.25, -0.2) is 4.98 Å². The van der Waals surface area contributed by atoms with Gasteiger partial charge in [0.2, 0.25) is 0 Å². The zero-order valence-electron chi connectivity index (χ0n) is 11.5. The molecule has 3 N–H and O–H groups in total. The number of halogens is 3. The molecule has 0 radical (unpaired) electrons. The van der Waals surface area contributed by atoms with Crippen molar-refractivity contribution in [1.82, 2.24) is 4.98 Å². The number of hydrogen-bond donors (Lipinski definition) is 2. The first-order valence-electron chi connectivity index (χ1n) is 6.59. The lowest BCUT2D eigenvalue weighted by molar-refractivity contribution is -0.141. The summed E-state index contributed by atoms with van der Waals surface area (Å²) in [6.45, 7) is 2.04. The van der Waals surface area contributed by atoms with Crippen LogP contribution in [-0.4, -0.2) is 4.98 Å². The van der Waals surface area contributed by atoms with Gasteiger partial charge in [-0.1, -0.05) is 31.5 Å². The van der Waals surface area contributed by atoms with E-state index in [-0.39, 0.29) is 11.4 Å². The maximum Gasteiger partial charge on any atom is 0.433 e. The number of nitrogens with zero attached hydrogens (tertiary/aromatic N) is 1. The molecule has 2 aromatic rings. The summed E-state index contributed by atoms with van der Waals surface area (Å²) in [6.07, 6.45) is -1.70. The molecule has 0 saturated carbocycles. The molecule has 0 atom stereocenters. The predicted molar refractivity (Wildman–Crippen MR) is 77.4 cm³/mol. The van der Waals surface area contributed by atoms with E-state index in [1.54, 1.807) is 0 Å². The van der Waals surface area contributed by atoms with Crippen LogP contribution in [0.5, 0.6) is 0 Å². The second-order valence-corrected chi connectivity index (χ2v) is 4.69. The molecule has 0 spiro atoms. The smallest absolute Gasteiger partial charge is 0.396 e. The van der Waals surface area contributed by atoms with Crippen LogP contribution in [0.4, 0.5) is 30.2 Å². The zero-order valence-corrected chi connectivity index (χ0v) is 11.5. The Labute approximate surface area is 121 Å². The van der Waals surface area contributed by atoms with Crippen molar-refractivity contribution in [1.29, 1.82) is 0 Å². The number of pyridine rings is 1. The molecule has 0 bridgehead atoms. The molecular formula is C15H16F3N3. The van der Waals surface area contributed by atoms with Crippen molar-refractivity contribution < 1.29 is 13.2 Å². The molecule has 0 fully saturated rings. The van der Waals surface area contributed by atoms with E-state index in [0.717, 1.165) is 36.4 Å². The van der Waals surface area contributed by atoms with Crippen molar-refractivity contribution >= 4 is 17.1 Å². The Morgan fingerprint density at radius 2 is 1.90 bits per heavy atom. The van der Waals surface area contributed by atoms with Crippen LogP contribution in [0.3, 0.4) is 0 Å². The van der Waals surface area contributed by atoms with E-state index >= 15 is 0 Å². The van der Waals surface area contributed by atoms with Gasteiger partial charge in [0.25, 0.3) is 0 Å². The second kappa shape index (κ2) is 6.03. The first kappa shape index (κ1) is 15.2. The highest BCUT2D eigenvalue weighted by Gasteiger charge is 2.33. The summed E-state index contributed by atoms with van der Waals surface area (Å²) < 4.78 is 38.1. The lowest BCUT2D eigenvalue weighted by Crippen LogP contribution is -2.10. The molecule has 0 amide bonds. The van der Waals surface area contributed by atoms with Gasteiger partial charge in [0.1, 0.15) is 5.69 Å². The minimum Gasteiger partial charge on any atom is -0.396 e. The summed E-state index contributed by atoms with van der Waals surface area (Å²) in [5.41, 5.74) is 6.92. The average Bonchev–Trinajstić information content (AvgIpc) is 2.42. The van der Waals surface area contributed by atoms with Gasteiger partial charge in [-0.2, -0.15) is 13.2 Å². The summed E-state index contributed by atoms with van der Waals surface area (Å²) in [7, 11) is 0. The minimum absolute atomic E-state index is 0.175. The fourth-order valence-electron chi connectivity index (χ4n) is 2.00. The van der Waals surface area contributed by atoms with Crippen LogP contribution in [0.2, 0.25) is 0 Å². The molecule has 21 heavy (non-hydrogen) atoms. The van der Waals surface area contributed by atoms with E-state index in [4.69, 9.17) is 5.73 Å². The number of hydrogen-bond acceptors (Lipinski definition) is 3. The van der Waals surface area contributed by atoms with Crippen LogP contribution < -0.4 is 11.1 Å². The average molecular weight is 295 g/mol. The van der Waals surface area contributed by atoms with Gasteiger partial charge >= 0.3 is 6.18 Å². The SMILES string of the molecule is CCCc1ccccc1Nc1cc(C(F)(F)F)ncc1N. The molecule has 0 aliphatic heterocycles. The van der Waals surface area contributed by atoms with E-state index in [9.17, 15) is 13.2 Å². The number of rotatable bonds is 4. The Hall–Kier alpha value is -2.24.